The number of halogens is 6. The van der Waals surface area contributed by atoms with Crippen molar-refractivity contribution in [3.05, 3.63) is 186 Å². The minimum atomic E-state index is -4.50. The van der Waals surface area contributed by atoms with Gasteiger partial charge in [-0.05, 0) is 126 Å². The first-order valence-corrected chi connectivity index (χ1v) is 19.7. The van der Waals surface area contributed by atoms with Gasteiger partial charge in [0.2, 0.25) is 0 Å². The molecule has 0 atom stereocenters. The van der Waals surface area contributed by atoms with Gasteiger partial charge in [-0.3, -0.25) is 4.98 Å². The van der Waals surface area contributed by atoms with Gasteiger partial charge in [0.25, 0.3) is 0 Å². The van der Waals surface area contributed by atoms with Gasteiger partial charge in [0.1, 0.15) is 0 Å². The molecule has 0 aliphatic rings. The third-order valence-electron chi connectivity index (χ3n) is 11.5. The molecule has 10 rings (SSSR count). The molecule has 0 aliphatic heterocycles. The first-order valence-electron chi connectivity index (χ1n) is 19.7. The summed E-state index contributed by atoms with van der Waals surface area (Å²) < 4.78 is 87.8. The Hall–Kier alpha value is -7.64. The zero-order valence-electron chi connectivity index (χ0n) is 33.1. The van der Waals surface area contributed by atoms with Gasteiger partial charge in [0.15, 0.2) is 0 Å². The Kier molecular flexibility index (Phi) is 8.85. The van der Waals surface area contributed by atoms with Crippen LogP contribution in [-0.4, -0.2) is 14.1 Å². The number of benzene rings is 7. The molecule has 0 spiro atoms. The van der Waals surface area contributed by atoms with E-state index in [4.69, 9.17) is 4.98 Å². The van der Waals surface area contributed by atoms with Crippen LogP contribution >= 0.6 is 0 Å². The lowest BCUT2D eigenvalue weighted by atomic mass is 9.98. The molecule has 10 aromatic rings. The lowest BCUT2D eigenvalue weighted by Crippen LogP contribution is -2.05. The predicted molar refractivity (Wildman–Crippen MR) is 233 cm³/mol. The molecule has 0 unspecified atom stereocenters. The molecule has 0 bridgehead atoms. The third kappa shape index (κ3) is 6.45. The first kappa shape index (κ1) is 38.6. The molecule has 3 heterocycles. The molecule has 0 fully saturated rings. The fourth-order valence-corrected chi connectivity index (χ4v) is 8.87. The summed E-state index contributed by atoms with van der Waals surface area (Å²) in [6.45, 7) is 3.30. The second-order valence-corrected chi connectivity index (χ2v) is 15.6. The van der Waals surface area contributed by atoms with E-state index in [9.17, 15) is 31.6 Å². The topological polar surface area (TPSA) is 46.5 Å². The van der Waals surface area contributed by atoms with Gasteiger partial charge in [0.05, 0.1) is 68.6 Å². The Morgan fingerprint density at radius 1 is 0.452 bits per heavy atom. The fraction of sp³-hybridized carbons (Fsp3) is 0.0769. The van der Waals surface area contributed by atoms with Crippen LogP contribution in [0.25, 0.3) is 88.4 Å². The number of nitriles is 1. The summed E-state index contributed by atoms with van der Waals surface area (Å²) in [5.74, 6) is 0. The Labute approximate surface area is 351 Å². The highest BCUT2D eigenvalue weighted by Crippen LogP contribution is 2.44. The van der Waals surface area contributed by atoms with Gasteiger partial charge in [-0.25, -0.2) is 0 Å². The van der Waals surface area contributed by atoms with Crippen molar-refractivity contribution in [2.24, 2.45) is 0 Å². The molecular weight excluding hydrogens is 795 g/mol. The van der Waals surface area contributed by atoms with Crippen LogP contribution < -0.4 is 0 Å². The molecule has 62 heavy (non-hydrogen) atoms. The van der Waals surface area contributed by atoms with Crippen molar-refractivity contribution < 1.29 is 26.3 Å². The van der Waals surface area contributed by atoms with Crippen LogP contribution in [0, 0.1) is 25.2 Å². The van der Waals surface area contributed by atoms with Gasteiger partial charge in [0, 0.05) is 27.1 Å². The van der Waals surface area contributed by atoms with E-state index in [1.54, 1.807) is 44.4 Å². The standard InChI is InChI=1S/C52H32F6N4/c1-30-18-36(23-38(20-30)51(53,54)55)33-14-16-46-42(25-33)40-10-3-5-12-44(40)61(46)48-28-60-29-49(50(48)35-9-7-8-32(22-35)27-59)62-45-13-6-4-11-41(45)43-26-34(15-17-47(43)62)37-19-31(2)21-39(24-37)52(56,57)58/h3-26,28-29H,1-2H3. The van der Waals surface area contributed by atoms with Gasteiger partial charge in [-0.15, -0.1) is 0 Å². The Bertz CT molecular complexity index is 3290. The van der Waals surface area contributed by atoms with Crippen LogP contribution in [0.5, 0.6) is 0 Å². The monoisotopic (exact) mass is 826 g/mol. The van der Waals surface area contributed by atoms with E-state index in [1.165, 1.54) is 12.1 Å². The number of hydrogen-bond donors (Lipinski definition) is 0. The largest absolute Gasteiger partial charge is 0.416 e. The van der Waals surface area contributed by atoms with Crippen molar-refractivity contribution in [3.8, 4) is 50.8 Å². The highest BCUT2D eigenvalue weighted by molar-refractivity contribution is 6.13. The molecular formula is C52H32F6N4. The number of aromatic nitrogens is 3. The van der Waals surface area contributed by atoms with Gasteiger partial charge in [-0.1, -0.05) is 72.8 Å². The van der Waals surface area contributed by atoms with E-state index >= 15 is 0 Å². The minimum absolute atomic E-state index is 0.447. The number of alkyl halides is 6. The van der Waals surface area contributed by atoms with Gasteiger partial charge < -0.3 is 9.13 Å². The van der Waals surface area contributed by atoms with Crippen LogP contribution in [0.3, 0.4) is 0 Å². The van der Waals surface area contributed by atoms with Crippen molar-refractivity contribution >= 4 is 43.6 Å². The Balaban J connectivity index is 1.24. The number of nitrogens with zero attached hydrogens (tertiary/aromatic N) is 4. The van der Waals surface area contributed by atoms with Crippen molar-refractivity contribution in [3.63, 3.8) is 0 Å². The van der Waals surface area contributed by atoms with Gasteiger partial charge >= 0.3 is 12.4 Å². The Morgan fingerprint density at radius 3 is 1.39 bits per heavy atom. The highest BCUT2D eigenvalue weighted by Gasteiger charge is 2.32. The predicted octanol–water partition coefficient (Wildman–Crippen LogP) is 14.8. The summed E-state index contributed by atoms with van der Waals surface area (Å²) in [6.07, 6.45) is -5.46. The maximum Gasteiger partial charge on any atom is 0.416 e. The lowest BCUT2D eigenvalue weighted by molar-refractivity contribution is -0.138. The molecule has 302 valence electrons. The van der Waals surface area contributed by atoms with Gasteiger partial charge in [-0.2, -0.15) is 31.6 Å². The molecule has 0 amide bonds. The number of fused-ring (bicyclic) bond motifs is 6. The first-order chi connectivity index (χ1) is 29.8. The molecule has 0 aliphatic carbocycles. The average molecular weight is 827 g/mol. The number of para-hydroxylation sites is 2. The Morgan fingerprint density at radius 2 is 0.919 bits per heavy atom. The minimum Gasteiger partial charge on any atom is -0.307 e. The van der Waals surface area contributed by atoms with Crippen LogP contribution in [-0.2, 0) is 12.4 Å². The molecule has 0 radical (unpaired) electrons. The second-order valence-electron chi connectivity index (χ2n) is 15.6. The molecule has 3 aromatic heterocycles. The van der Waals surface area contributed by atoms with Crippen molar-refractivity contribution in [2.45, 2.75) is 26.2 Å². The summed E-state index contributed by atoms with van der Waals surface area (Å²) in [6, 6.07) is 44.7. The second kappa shape index (κ2) is 14.2. The van der Waals surface area contributed by atoms with E-state index in [0.717, 1.165) is 66.9 Å². The van der Waals surface area contributed by atoms with Crippen LogP contribution in [0.2, 0.25) is 0 Å². The number of pyridine rings is 1. The maximum atomic E-state index is 13.9. The summed E-state index contributed by atoms with van der Waals surface area (Å²) >= 11 is 0. The molecule has 0 N–H and O–H groups in total. The molecule has 0 saturated heterocycles. The summed E-state index contributed by atoms with van der Waals surface area (Å²) in [4.78, 5) is 4.85. The maximum absolute atomic E-state index is 13.9. The fourth-order valence-electron chi connectivity index (χ4n) is 8.87. The SMILES string of the molecule is Cc1cc(-c2ccc3c(c2)c2ccccc2n3-c2cncc(-n3c4ccccc4c4cc(-c5cc(C)cc(C(F)(F)F)c5)ccc43)c2-c2cccc(C#N)c2)cc(C(F)(F)F)c1. The number of hydrogen-bond acceptors (Lipinski definition) is 2. The third-order valence-corrected chi connectivity index (χ3v) is 11.5. The summed E-state index contributed by atoms with van der Waals surface area (Å²) in [5, 5.41) is 13.5. The van der Waals surface area contributed by atoms with Crippen LogP contribution in [0.4, 0.5) is 26.3 Å². The molecule has 10 heteroatoms. The summed E-state index contributed by atoms with van der Waals surface area (Å²) in [7, 11) is 0. The van der Waals surface area contributed by atoms with E-state index in [-0.39, 0.29) is 0 Å². The molecule has 4 nitrogen and oxygen atoms in total. The van der Waals surface area contributed by atoms with E-state index < -0.39 is 23.5 Å². The average Bonchev–Trinajstić information content (AvgIpc) is 3.77. The zero-order chi connectivity index (χ0) is 43.1. The van der Waals surface area contributed by atoms with Crippen molar-refractivity contribution in [1.29, 1.82) is 5.26 Å². The van der Waals surface area contributed by atoms with E-state index in [0.29, 0.717) is 50.3 Å². The van der Waals surface area contributed by atoms with Crippen LogP contribution in [0.15, 0.2) is 158 Å². The normalized spacial score (nSPS) is 12.2. The highest BCUT2D eigenvalue weighted by atomic mass is 19.4. The number of rotatable bonds is 5. The van der Waals surface area contributed by atoms with E-state index in [2.05, 4.69) is 15.2 Å². The van der Waals surface area contributed by atoms with Crippen molar-refractivity contribution in [1.82, 2.24) is 14.1 Å². The van der Waals surface area contributed by atoms with Crippen molar-refractivity contribution in [2.75, 3.05) is 0 Å². The quantitative estimate of drug-likeness (QED) is 0.162. The summed E-state index contributed by atoms with van der Waals surface area (Å²) in [5.41, 5.74) is 8.29. The zero-order valence-corrected chi connectivity index (χ0v) is 33.1. The molecule has 7 aromatic carbocycles. The molecule has 0 saturated carbocycles. The van der Waals surface area contributed by atoms with E-state index in [1.807, 2.05) is 103 Å². The number of aryl methyl sites for hydroxylation is 2. The smallest absolute Gasteiger partial charge is 0.307 e. The lowest BCUT2D eigenvalue weighted by Gasteiger charge is -2.19. The van der Waals surface area contributed by atoms with Crippen LogP contribution in [0.1, 0.15) is 27.8 Å².